The Hall–Kier alpha value is -2.61. The average molecular weight is 543 g/mol. The van der Waals surface area contributed by atoms with Crippen molar-refractivity contribution in [2.24, 2.45) is 11.7 Å². The normalized spacial score (nSPS) is 23.1. The number of carbonyl (C=O) groups excluding carboxylic acids is 3. The second kappa shape index (κ2) is 10.3. The summed E-state index contributed by atoms with van der Waals surface area (Å²) < 4.78 is 0. The van der Waals surface area contributed by atoms with Crippen molar-refractivity contribution in [1.29, 1.82) is 0 Å². The van der Waals surface area contributed by atoms with Gasteiger partial charge in [-0.05, 0) is 67.5 Å². The molecule has 5 rings (SSSR count). The molecular weight excluding hydrogens is 511 g/mol. The van der Waals surface area contributed by atoms with E-state index in [2.05, 4.69) is 10.6 Å². The van der Waals surface area contributed by atoms with Crippen molar-refractivity contribution >= 4 is 46.6 Å². The van der Waals surface area contributed by atoms with Gasteiger partial charge in [0.2, 0.25) is 17.7 Å². The molecule has 1 unspecified atom stereocenters. The number of hydrogen-bond donors (Lipinski definition) is 3. The molecule has 2 aliphatic heterocycles. The molecule has 196 valence electrons. The van der Waals surface area contributed by atoms with E-state index in [1.807, 2.05) is 36.4 Å². The molecule has 3 amide bonds. The van der Waals surface area contributed by atoms with Crippen LogP contribution in [0.5, 0.6) is 0 Å². The number of nitrogens with zero attached hydrogens (tertiary/aromatic N) is 1. The summed E-state index contributed by atoms with van der Waals surface area (Å²) in [5.74, 6) is -0.593. The number of nitrogens with two attached hydrogens (primary N) is 1. The molecule has 37 heavy (non-hydrogen) atoms. The predicted octanol–water partition coefficient (Wildman–Crippen LogP) is 4.05. The molecule has 3 aliphatic rings. The standard InChI is InChI=1S/C28H32Cl2N4O3/c29-20-5-3-4-18(14-20)16-28(22-7-6-21(30)15-23(22)33-26(28)37)27(10-1-2-11-27)32-17-24(35)34-12-8-19(9-13-34)25(31)36/h3-7,14-15,19,32H,1-2,8-13,16-17H2,(H2,31,36)(H,33,37). The zero-order valence-electron chi connectivity index (χ0n) is 20.7. The number of primary amides is 1. The number of rotatable bonds is 7. The van der Waals surface area contributed by atoms with Crippen LogP contribution in [0.15, 0.2) is 42.5 Å². The Morgan fingerprint density at radius 1 is 1.05 bits per heavy atom. The maximum atomic E-state index is 14.0. The summed E-state index contributed by atoms with van der Waals surface area (Å²) in [5.41, 5.74) is 6.46. The van der Waals surface area contributed by atoms with Gasteiger partial charge in [-0.1, -0.05) is 54.2 Å². The van der Waals surface area contributed by atoms with E-state index in [1.54, 1.807) is 11.0 Å². The number of nitrogens with one attached hydrogen (secondary N) is 2. The van der Waals surface area contributed by atoms with E-state index in [4.69, 9.17) is 28.9 Å². The molecule has 1 atom stereocenters. The van der Waals surface area contributed by atoms with Crippen LogP contribution in [0.2, 0.25) is 10.0 Å². The average Bonchev–Trinajstić information content (AvgIpc) is 3.46. The van der Waals surface area contributed by atoms with E-state index in [0.29, 0.717) is 48.1 Å². The monoisotopic (exact) mass is 542 g/mol. The van der Waals surface area contributed by atoms with Crippen molar-refractivity contribution in [2.45, 2.75) is 55.9 Å². The van der Waals surface area contributed by atoms with Gasteiger partial charge < -0.3 is 21.3 Å². The minimum Gasteiger partial charge on any atom is -0.369 e. The summed E-state index contributed by atoms with van der Waals surface area (Å²) in [6.45, 7) is 1.14. The van der Waals surface area contributed by atoms with Gasteiger partial charge in [0, 0.05) is 40.3 Å². The largest absolute Gasteiger partial charge is 0.369 e. The number of halogens is 2. The molecule has 0 bridgehead atoms. The van der Waals surface area contributed by atoms with Crippen LogP contribution in [0.4, 0.5) is 5.69 Å². The summed E-state index contributed by atoms with van der Waals surface area (Å²) in [4.78, 5) is 40.6. The predicted molar refractivity (Wildman–Crippen MR) is 145 cm³/mol. The van der Waals surface area contributed by atoms with Crippen LogP contribution in [0.3, 0.4) is 0 Å². The van der Waals surface area contributed by atoms with E-state index < -0.39 is 11.0 Å². The maximum absolute atomic E-state index is 14.0. The van der Waals surface area contributed by atoms with Gasteiger partial charge in [0.15, 0.2) is 0 Å². The number of amides is 3. The quantitative estimate of drug-likeness (QED) is 0.490. The first-order chi connectivity index (χ1) is 17.7. The SMILES string of the molecule is NC(=O)C1CCN(C(=O)CNC2(C3(Cc4cccc(Cl)c4)C(=O)Nc4cc(Cl)ccc43)CCCC2)CC1. The molecule has 1 aliphatic carbocycles. The van der Waals surface area contributed by atoms with Crippen LogP contribution in [-0.4, -0.2) is 47.8 Å². The first-order valence-electron chi connectivity index (χ1n) is 12.9. The van der Waals surface area contributed by atoms with Gasteiger partial charge in [-0.2, -0.15) is 0 Å². The third-order valence-electron chi connectivity index (χ3n) is 8.54. The lowest BCUT2D eigenvalue weighted by Gasteiger charge is -2.46. The van der Waals surface area contributed by atoms with Crippen molar-refractivity contribution < 1.29 is 14.4 Å². The minimum atomic E-state index is -0.937. The molecule has 9 heteroatoms. The van der Waals surface area contributed by atoms with Crippen LogP contribution >= 0.6 is 23.2 Å². The summed E-state index contributed by atoms with van der Waals surface area (Å²) in [6, 6.07) is 13.2. The number of hydrogen-bond acceptors (Lipinski definition) is 4. The third kappa shape index (κ3) is 4.73. The van der Waals surface area contributed by atoms with Crippen molar-refractivity contribution in [3.8, 4) is 0 Å². The van der Waals surface area contributed by atoms with Crippen LogP contribution < -0.4 is 16.4 Å². The molecule has 2 aromatic rings. The molecule has 0 spiro atoms. The molecule has 1 saturated heterocycles. The Balaban J connectivity index is 1.48. The van der Waals surface area contributed by atoms with Crippen molar-refractivity contribution in [3.05, 3.63) is 63.6 Å². The second-order valence-corrected chi connectivity index (χ2v) is 11.4. The minimum absolute atomic E-state index is 0.0261. The molecular formula is C28H32Cl2N4O3. The highest BCUT2D eigenvalue weighted by Crippen LogP contribution is 2.53. The zero-order chi connectivity index (χ0) is 26.2. The number of carbonyl (C=O) groups is 3. The fraction of sp³-hybridized carbons (Fsp3) is 0.464. The van der Waals surface area contributed by atoms with Gasteiger partial charge in [0.1, 0.15) is 0 Å². The fourth-order valence-electron chi connectivity index (χ4n) is 6.62. The molecule has 2 aromatic carbocycles. The van der Waals surface area contributed by atoms with Gasteiger partial charge in [-0.15, -0.1) is 0 Å². The van der Waals surface area contributed by atoms with Gasteiger partial charge in [-0.25, -0.2) is 0 Å². The molecule has 1 saturated carbocycles. The highest BCUT2D eigenvalue weighted by Gasteiger charge is 2.61. The summed E-state index contributed by atoms with van der Waals surface area (Å²) in [7, 11) is 0. The van der Waals surface area contributed by atoms with Crippen LogP contribution in [0.1, 0.15) is 49.7 Å². The van der Waals surface area contributed by atoms with Crippen molar-refractivity contribution in [3.63, 3.8) is 0 Å². The molecule has 0 radical (unpaired) electrons. The van der Waals surface area contributed by atoms with Gasteiger partial charge in [0.25, 0.3) is 0 Å². The first kappa shape index (κ1) is 26.0. The molecule has 2 heterocycles. The molecule has 7 nitrogen and oxygen atoms in total. The number of piperidine rings is 1. The van der Waals surface area contributed by atoms with Crippen molar-refractivity contribution in [2.75, 3.05) is 25.0 Å². The lowest BCUT2D eigenvalue weighted by atomic mass is 9.61. The van der Waals surface area contributed by atoms with Crippen LogP contribution in [0, 0.1) is 5.92 Å². The van der Waals surface area contributed by atoms with E-state index in [-0.39, 0.29) is 30.2 Å². The molecule has 2 fully saturated rings. The smallest absolute Gasteiger partial charge is 0.237 e. The Bertz CT molecular complexity index is 1220. The van der Waals surface area contributed by atoms with Gasteiger partial charge >= 0.3 is 0 Å². The Morgan fingerprint density at radius 3 is 2.43 bits per heavy atom. The summed E-state index contributed by atoms with van der Waals surface area (Å²) in [6.07, 6.45) is 5.06. The molecule has 4 N–H and O–H groups in total. The molecule has 0 aromatic heterocycles. The van der Waals surface area contributed by atoms with E-state index in [0.717, 1.165) is 36.8 Å². The highest BCUT2D eigenvalue weighted by molar-refractivity contribution is 6.31. The Morgan fingerprint density at radius 2 is 1.76 bits per heavy atom. The van der Waals surface area contributed by atoms with E-state index in [9.17, 15) is 14.4 Å². The van der Waals surface area contributed by atoms with Gasteiger partial charge in [0.05, 0.1) is 12.0 Å². The Kier molecular flexibility index (Phi) is 7.22. The van der Waals surface area contributed by atoms with Crippen molar-refractivity contribution in [1.82, 2.24) is 10.2 Å². The van der Waals surface area contributed by atoms with Crippen LogP contribution in [-0.2, 0) is 26.2 Å². The fourth-order valence-corrected chi connectivity index (χ4v) is 7.00. The van der Waals surface area contributed by atoms with E-state index >= 15 is 0 Å². The van der Waals surface area contributed by atoms with E-state index in [1.165, 1.54) is 0 Å². The number of benzene rings is 2. The lowest BCUT2D eigenvalue weighted by Crippen LogP contribution is -2.64. The maximum Gasteiger partial charge on any atom is 0.237 e. The van der Waals surface area contributed by atoms with Gasteiger partial charge in [-0.3, -0.25) is 14.4 Å². The second-order valence-electron chi connectivity index (χ2n) is 10.6. The third-order valence-corrected chi connectivity index (χ3v) is 9.01. The van der Waals surface area contributed by atoms with Crippen LogP contribution in [0.25, 0.3) is 0 Å². The number of fused-ring (bicyclic) bond motifs is 1. The zero-order valence-corrected chi connectivity index (χ0v) is 22.2. The highest BCUT2D eigenvalue weighted by atomic mass is 35.5. The topological polar surface area (TPSA) is 105 Å². The lowest BCUT2D eigenvalue weighted by molar-refractivity contribution is -0.135. The number of anilines is 1. The number of likely N-dealkylation sites (tertiary alicyclic amines) is 1. The Labute approximate surface area is 227 Å². The first-order valence-corrected chi connectivity index (χ1v) is 13.7. The summed E-state index contributed by atoms with van der Waals surface area (Å²) >= 11 is 12.6. The summed E-state index contributed by atoms with van der Waals surface area (Å²) in [5, 5.41) is 7.89.